The third-order valence-corrected chi connectivity index (χ3v) is 3.38. The summed E-state index contributed by atoms with van der Waals surface area (Å²) < 4.78 is 38.3. The van der Waals surface area contributed by atoms with E-state index in [0.717, 1.165) is 29.8 Å². The smallest absolute Gasteiger partial charge is 0.356 e. The predicted molar refractivity (Wildman–Crippen MR) is 96.3 cm³/mol. The summed E-state index contributed by atoms with van der Waals surface area (Å²) in [5.41, 5.74) is 3.21. The lowest BCUT2D eigenvalue weighted by atomic mass is 10.1. The molecule has 0 radical (unpaired) electrons. The largest absolute Gasteiger partial charge is 0.390 e. The van der Waals surface area contributed by atoms with Crippen LogP contribution in [0.25, 0.3) is 0 Å². The molecule has 0 amide bonds. The topological polar surface area (TPSA) is 54.2 Å². The van der Waals surface area contributed by atoms with Gasteiger partial charge in [0.15, 0.2) is 5.96 Å². The fourth-order valence-electron chi connectivity index (χ4n) is 2.31. The highest BCUT2D eigenvalue weighted by atomic mass is 127. The molecule has 0 aliphatic heterocycles. The molecule has 2 N–H and O–H groups in total. The van der Waals surface area contributed by atoms with Gasteiger partial charge >= 0.3 is 6.18 Å². The molecule has 0 atom stereocenters. The molecule has 0 aliphatic rings. The Hall–Kier alpha value is -1.00. The number of hydrogen-bond donors (Lipinski definition) is 2. The fraction of sp³-hybridized carbons (Fsp3) is 0.714. The van der Waals surface area contributed by atoms with Gasteiger partial charge in [-0.25, -0.2) is 0 Å². The molecule has 9 heteroatoms. The second-order valence-corrected chi connectivity index (χ2v) is 4.92. The number of hydrogen-bond acceptors (Lipinski definition) is 2. The average molecular weight is 447 g/mol. The van der Waals surface area contributed by atoms with Gasteiger partial charge in [0.1, 0.15) is 0 Å². The monoisotopic (exact) mass is 447 g/mol. The van der Waals surface area contributed by atoms with Crippen LogP contribution in [0.3, 0.4) is 0 Å². The lowest BCUT2D eigenvalue weighted by molar-refractivity contribution is -0.132. The quantitative estimate of drug-likeness (QED) is 0.401. The third-order valence-electron chi connectivity index (χ3n) is 3.38. The van der Waals surface area contributed by atoms with Crippen LogP contribution in [0.2, 0.25) is 0 Å². The van der Waals surface area contributed by atoms with Crippen LogP contribution in [0.4, 0.5) is 13.2 Å². The van der Waals surface area contributed by atoms with E-state index in [2.05, 4.69) is 27.6 Å². The van der Waals surface area contributed by atoms with Gasteiger partial charge in [-0.05, 0) is 12.8 Å². The van der Waals surface area contributed by atoms with Gasteiger partial charge in [0, 0.05) is 38.4 Å². The van der Waals surface area contributed by atoms with Gasteiger partial charge in [0.25, 0.3) is 0 Å². The van der Waals surface area contributed by atoms with Crippen molar-refractivity contribution in [2.45, 2.75) is 45.8 Å². The maximum Gasteiger partial charge on any atom is 0.390 e. The molecule has 23 heavy (non-hydrogen) atoms. The molecule has 1 aromatic rings. The van der Waals surface area contributed by atoms with E-state index in [-0.39, 0.29) is 30.5 Å². The summed E-state index contributed by atoms with van der Waals surface area (Å²) >= 11 is 0. The molecule has 0 bridgehead atoms. The molecular weight excluding hydrogens is 422 g/mol. The van der Waals surface area contributed by atoms with Crippen molar-refractivity contribution in [3.8, 4) is 0 Å². The SMILES string of the molecule is CCc1nn(C)c(CC)c1CNC(=NC)NCCC(F)(F)F.I. The first-order chi connectivity index (χ1) is 10.3. The molecule has 1 heterocycles. The Bertz CT molecular complexity index is 511. The minimum atomic E-state index is -4.17. The Balaban J connectivity index is 0.00000484. The van der Waals surface area contributed by atoms with E-state index < -0.39 is 12.6 Å². The summed E-state index contributed by atoms with van der Waals surface area (Å²) in [5, 5.41) is 10.2. The number of guanidine groups is 1. The Kier molecular flexibility index (Phi) is 9.55. The third kappa shape index (κ3) is 6.96. The molecule has 134 valence electrons. The maximum atomic E-state index is 12.1. The van der Waals surface area contributed by atoms with Crippen LogP contribution in [-0.2, 0) is 26.4 Å². The maximum absolute atomic E-state index is 12.1. The van der Waals surface area contributed by atoms with Gasteiger partial charge in [-0.15, -0.1) is 24.0 Å². The fourth-order valence-corrected chi connectivity index (χ4v) is 2.31. The number of rotatable bonds is 6. The minimum Gasteiger partial charge on any atom is -0.356 e. The van der Waals surface area contributed by atoms with Crippen LogP contribution < -0.4 is 10.6 Å². The van der Waals surface area contributed by atoms with E-state index in [1.54, 1.807) is 0 Å². The normalized spacial score (nSPS) is 12.0. The number of nitrogens with zero attached hydrogens (tertiary/aromatic N) is 3. The van der Waals surface area contributed by atoms with Crippen LogP contribution in [0, 0.1) is 0 Å². The van der Waals surface area contributed by atoms with Crippen LogP contribution in [-0.4, -0.2) is 35.5 Å². The van der Waals surface area contributed by atoms with E-state index >= 15 is 0 Å². The van der Waals surface area contributed by atoms with E-state index in [1.165, 1.54) is 7.05 Å². The highest BCUT2D eigenvalue weighted by molar-refractivity contribution is 14.0. The zero-order chi connectivity index (χ0) is 16.8. The number of aryl methyl sites for hydroxylation is 2. The van der Waals surface area contributed by atoms with Crippen molar-refractivity contribution in [2.24, 2.45) is 12.0 Å². The van der Waals surface area contributed by atoms with E-state index in [9.17, 15) is 13.2 Å². The first kappa shape index (κ1) is 22.0. The molecule has 1 aromatic heterocycles. The van der Waals surface area contributed by atoms with Crippen molar-refractivity contribution < 1.29 is 13.2 Å². The Morgan fingerprint density at radius 2 is 1.87 bits per heavy atom. The van der Waals surface area contributed by atoms with Gasteiger partial charge in [0.05, 0.1) is 12.1 Å². The van der Waals surface area contributed by atoms with Gasteiger partial charge in [-0.2, -0.15) is 18.3 Å². The van der Waals surface area contributed by atoms with E-state index in [4.69, 9.17) is 0 Å². The summed E-state index contributed by atoms with van der Waals surface area (Å²) in [4.78, 5) is 3.94. The van der Waals surface area contributed by atoms with Gasteiger partial charge in [0.2, 0.25) is 0 Å². The Labute approximate surface area is 152 Å². The molecule has 0 fully saturated rings. The lowest BCUT2D eigenvalue weighted by Crippen LogP contribution is -2.38. The van der Waals surface area contributed by atoms with Crippen LogP contribution in [0.15, 0.2) is 4.99 Å². The van der Waals surface area contributed by atoms with Gasteiger partial charge in [-0.3, -0.25) is 9.67 Å². The van der Waals surface area contributed by atoms with Crippen molar-refractivity contribution in [1.82, 2.24) is 20.4 Å². The van der Waals surface area contributed by atoms with Crippen molar-refractivity contribution >= 4 is 29.9 Å². The molecule has 5 nitrogen and oxygen atoms in total. The van der Waals surface area contributed by atoms with Gasteiger partial charge in [-0.1, -0.05) is 13.8 Å². The van der Waals surface area contributed by atoms with Crippen molar-refractivity contribution in [1.29, 1.82) is 0 Å². The van der Waals surface area contributed by atoms with Crippen LogP contribution >= 0.6 is 24.0 Å². The summed E-state index contributed by atoms with van der Waals surface area (Å²) in [6.45, 7) is 4.38. The van der Waals surface area contributed by atoms with Crippen LogP contribution in [0.5, 0.6) is 0 Å². The summed E-state index contributed by atoms with van der Waals surface area (Å²) in [6.07, 6.45) is -3.40. The molecule has 0 aromatic carbocycles. The van der Waals surface area contributed by atoms with E-state index in [1.807, 2.05) is 18.7 Å². The number of halogens is 4. The summed E-state index contributed by atoms with van der Waals surface area (Å²) in [5.74, 6) is 0.359. The van der Waals surface area contributed by atoms with Crippen molar-refractivity contribution in [3.05, 3.63) is 17.0 Å². The summed E-state index contributed by atoms with van der Waals surface area (Å²) in [6, 6.07) is 0. The number of alkyl halides is 3. The zero-order valence-electron chi connectivity index (χ0n) is 13.9. The highest BCUT2D eigenvalue weighted by Crippen LogP contribution is 2.18. The second kappa shape index (κ2) is 9.99. The van der Waals surface area contributed by atoms with E-state index in [0.29, 0.717) is 12.5 Å². The molecular formula is C14H25F3IN5. The molecule has 1 rings (SSSR count). The first-order valence-electron chi connectivity index (χ1n) is 7.37. The molecule has 0 saturated carbocycles. The molecule has 0 aliphatic carbocycles. The predicted octanol–water partition coefficient (Wildman–Crippen LogP) is 2.78. The number of aromatic nitrogens is 2. The second-order valence-electron chi connectivity index (χ2n) is 4.92. The Morgan fingerprint density at radius 1 is 1.22 bits per heavy atom. The van der Waals surface area contributed by atoms with Crippen LogP contribution in [0.1, 0.15) is 37.2 Å². The average Bonchev–Trinajstić information content (AvgIpc) is 2.76. The minimum absolute atomic E-state index is 0. The molecule has 0 unspecified atom stereocenters. The Morgan fingerprint density at radius 3 is 2.35 bits per heavy atom. The number of aliphatic imine (C=N–C) groups is 1. The van der Waals surface area contributed by atoms with Crippen molar-refractivity contribution in [2.75, 3.05) is 13.6 Å². The molecule has 0 saturated heterocycles. The van der Waals surface area contributed by atoms with Gasteiger partial charge < -0.3 is 10.6 Å². The summed E-state index contributed by atoms with van der Waals surface area (Å²) in [7, 11) is 3.44. The molecule has 0 spiro atoms. The van der Waals surface area contributed by atoms with Crippen molar-refractivity contribution in [3.63, 3.8) is 0 Å². The standard InChI is InChI=1S/C14H24F3N5.HI/c1-5-11-10(12(6-2)22(4)21-11)9-20-13(18-3)19-8-7-14(15,16)17;/h5-9H2,1-4H3,(H2,18,19,20);1H. The first-order valence-corrected chi connectivity index (χ1v) is 7.37. The zero-order valence-corrected chi connectivity index (χ0v) is 16.2. The highest BCUT2D eigenvalue weighted by Gasteiger charge is 2.26. The number of nitrogens with one attached hydrogen (secondary N) is 2. The lowest BCUT2D eigenvalue weighted by Gasteiger charge is -2.13.